The van der Waals surface area contributed by atoms with Gasteiger partial charge in [0.1, 0.15) is 11.7 Å². The van der Waals surface area contributed by atoms with Crippen LogP contribution in [0.1, 0.15) is 5.56 Å². The predicted octanol–water partition coefficient (Wildman–Crippen LogP) is 14.1. The molecule has 0 fully saturated rings. The Labute approximate surface area is 360 Å². The fourth-order valence-corrected chi connectivity index (χ4v) is 9.62. The molecule has 2 aliphatic rings. The molecule has 1 aromatic heterocycles. The molecule has 0 spiro atoms. The van der Waals surface area contributed by atoms with Gasteiger partial charge >= 0.3 is 0 Å². The van der Waals surface area contributed by atoms with E-state index >= 15 is 0 Å². The average molecular weight is 793 g/mol. The van der Waals surface area contributed by atoms with E-state index in [4.69, 9.17) is 9.98 Å². The highest BCUT2D eigenvalue weighted by molar-refractivity contribution is 6.22. The number of nitrogens with zero attached hydrogens (tertiary/aromatic N) is 4. The summed E-state index contributed by atoms with van der Waals surface area (Å²) in [6, 6.07) is 74.4. The van der Waals surface area contributed by atoms with Gasteiger partial charge < -0.3 is 4.90 Å². The summed E-state index contributed by atoms with van der Waals surface area (Å²) in [6.45, 7) is 0. The highest BCUT2D eigenvalue weighted by atomic mass is 15.3. The zero-order valence-electron chi connectivity index (χ0n) is 33.9. The fourth-order valence-electron chi connectivity index (χ4n) is 9.62. The van der Waals surface area contributed by atoms with Gasteiger partial charge in [0, 0.05) is 22.5 Å². The van der Waals surface area contributed by atoms with Gasteiger partial charge in [-0.3, -0.25) is 9.56 Å². The van der Waals surface area contributed by atoms with Gasteiger partial charge in [0.05, 0.1) is 23.1 Å². The molecule has 0 radical (unpaired) electrons. The van der Waals surface area contributed by atoms with Crippen molar-refractivity contribution in [2.45, 2.75) is 12.1 Å². The van der Waals surface area contributed by atoms with Crippen LogP contribution in [0.2, 0.25) is 0 Å². The highest BCUT2D eigenvalue weighted by Crippen LogP contribution is 2.45. The molecule has 0 saturated carbocycles. The van der Waals surface area contributed by atoms with Crippen molar-refractivity contribution in [3.8, 4) is 50.5 Å². The second kappa shape index (κ2) is 14.9. The van der Waals surface area contributed by atoms with Crippen LogP contribution in [-0.2, 0) is 0 Å². The summed E-state index contributed by atoms with van der Waals surface area (Å²) >= 11 is 0. The number of imidazole rings is 1. The van der Waals surface area contributed by atoms with Gasteiger partial charge in [-0.2, -0.15) is 0 Å². The molecule has 10 aromatic rings. The minimum atomic E-state index is 0.0773. The molecule has 2 atom stereocenters. The molecule has 0 N–H and O–H groups in total. The van der Waals surface area contributed by atoms with Gasteiger partial charge in [-0.05, 0) is 97.4 Å². The topological polar surface area (TPSA) is 33.4 Å². The Morgan fingerprint density at radius 3 is 1.63 bits per heavy atom. The van der Waals surface area contributed by atoms with Crippen LogP contribution in [0, 0.1) is 0 Å². The standard InChI is InChI=1S/C58H40N4/c1-4-16-39(17-5-1)44-36-37-49-50(38-44)56(41-30-34-43(35-31-41)58-60-52-25-13-15-27-54(52)62(58)46-20-8-3-9-21-46)48-23-11-10-22-47(48)55(49)40-28-32-42(33-29-40)57-59-51-24-12-14-26-53(51)61(57)45-18-6-2-7-19-45/h1-38,51,53H. The lowest BCUT2D eigenvalue weighted by atomic mass is 9.84. The van der Waals surface area contributed by atoms with Crippen LogP contribution >= 0.6 is 0 Å². The number of amidine groups is 1. The average Bonchev–Trinajstić information content (AvgIpc) is 3.94. The van der Waals surface area contributed by atoms with Gasteiger partial charge in [-0.1, -0.05) is 188 Å². The Hall–Kier alpha value is -8.08. The third-order valence-electron chi connectivity index (χ3n) is 12.5. The Kier molecular flexibility index (Phi) is 8.60. The Morgan fingerprint density at radius 2 is 0.919 bits per heavy atom. The largest absolute Gasteiger partial charge is 0.317 e. The number of aromatic nitrogens is 2. The molecule has 292 valence electrons. The number of hydrogen-bond acceptors (Lipinski definition) is 3. The summed E-state index contributed by atoms with van der Waals surface area (Å²) < 4.78 is 2.26. The van der Waals surface area contributed by atoms with Crippen molar-refractivity contribution in [1.29, 1.82) is 0 Å². The molecule has 1 aliphatic carbocycles. The lowest BCUT2D eigenvalue weighted by Crippen LogP contribution is -2.39. The first-order chi connectivity index (χ1) is 30.8. The first-order valence-electron chi connectivity index (χ1n) is 21.3. The van der Waals surface area contributed by atoms with E-state index in [2.05, 4.69) is 240 Å². The van der Waals surface area contributed by atoms with Crippen molar-refractivity contribution in [2.24, 2.45) is 4.99 Å². The molecule has 4 heteroatoms. The van der Waals surface area contributed by atoms with Gasteiger partial charge in [-0.25, -0.2) is 4.98 Å². The first kappa shape index (κ1) is 35.8. The monoisotopic (exact) mass is 792 g/mol. The van der Waals surface area contributed by atoms with Crippen LogP contribution in [-0.4, -0.2) is 27.5 Å². The van der Waals surface area contributed by atoms with Gasteiger partial charge in [-0.15, -0.1) is 0 Å². The van der Waals surface area contributed by atoms with Crippen molar-refractivity contribution in [1.82, 2.24) is 9.55 Å². The van der Waals surface area contributed by atoms with Crippen LogP contribution in [0.25, 0.3) is 83.0 Å². The summed E-state index contributed by atoms with van der Waals surface area (Å²) in [5, 5.41) is 4.86. The normalized spacial score (nSPS) is 15.7. The quantitative estimate of drug-likeness (QED) is 0.151. The van der Waals surface area contributed by atoms with E-state index in [0.29, 0.717) is 0 Å². The number of hydrogen-bond donors (Lipinski definition) is 0. The number of allylic oxidation sites excluding steroid dienone is 2. The van der Waals surface area contributed by atoms with E-state index < -0.39 is 0 Å². The molecular weight excluding hydrogens is 753 g/mol. The van der Waals surface area contributed by atoms with Crippen LogP contribution in [0.5, 0.6) is 0 Å². The highest BCUT2D eigenvalue weighted by Gasteiger charge is 2.35. The number of anilines is 1. The van der Waals surface area contributed by atoms with Crippen molar-refractivity contribution >= 4 is 44.1 Å². The number of aliphatic imine (C=N–C) groups is 1. The van der Waals surface area contributed by atoms with E-state index in [9.17, 15) is 0 Å². The third-order valence-corrected chi connectivity index (χ3v) is 12.5. The van der Waals surface area contributed by atoms with E-state index in [1.165, 1.54) is 49.4 Å². The number of para-hydroxylation sites is 4. The molecule has 0 amide bonds. The van der Waals surface area contributed by atoms with E-state index in [-0.39, 0.29) is 12.1 Å². The molecule has 2 unspecified atom stereocenters. The fraction of sp³-hybridized carbons (Fsp3) is 0.0345. The molecule has 2 heterocycles. The van der Waals surface area contributed by atoms with Crippen molar-refractivity contribution < 1.29 is 0 Å². The summed E-state index contributed by atoms with van der Waals surface area (Å²) in [7, 11) is 0. The molecule has 4 nitrogen and oxygen atoms in total. The van der Waals surface area contributed by atoms with Gasteiger partial charge in [0.25, 0.3) is 0 Å². The molecular formula is C58H40N4. The third kappa shape index (κ3) is 5.99. The molecule has 9 aromatic carbocycles. The molecule has 1 aliphatic heterocycles. The zero-order chi connectivity index (χ0) is 41.0. The van der Waals surface area contributed by atoms with Crippen LogP contribution in [0.15, 0.2) is 236 Å². The number of rotatable bonds is 7. The van der Waals surface area contributed by atoms with E-state index in [1.807, 2.05) is 0 Å². The lowest BCUT2D eigenvalue weighted by Gasteiger charge is -2.29. The Balaban J connectivity index is 1.01. The Bertz CT molecular complexity index is 3380. The minimum absolute atomic E-state index is 0.0773. The van der Waals surface area contributed by atoms with Gasteiger partial charge in [0.15, 0.2) is 0 Å². The maximum atomic E-state index is 5.28. The van der Waals surface area contributed by atoms with Crippen LogP contribution in [0.3, 0.4) is 0 Å². The summed E-state index contributed by atoms with van der Waals surface area (Å²) in [5.74, 6) is 1.92. The Morgan fingerprint density at radius 1 is 0.387 bits per heavy atom. The summed E-state index contributed by atoms with van der Waals surface area (Å²) in [6.07, 6.45) is 8.72. The molecule has 12 rings (SSSR count). The second-order valence-electron chi connectivity index (χ2n) is 16.1. The predicted molar refractivity (Wildman–Crippen MR) is 259 cm³/mol. The second-order valence-corrected chi connectivity index (χ2v) is 16.1. The maximum Gasteiger partial charge on any atom is 0.145 e. The van der Waals surface area contributed by atoms with Crippen LogP contribution in [0.4, 0.5) is 5.69 Å². The lowest BCUT2D eigenvalue weighted by molar-refractivity contribution is 0.739. The number of benzene rings is 9. The summed E-state index contributed by atoms with van der Waals surface area (Å²) in [4.78, 5) is 12.8. The van der Waals surface area contributed by atoms with E-state index in [0.717, 1.165) is 50.8 Å². The van der Waals surface area contributed by atoms with Gasteiger partial charge in [0.2, 0.25) is 0 Å². The maximum absolute atomic E-state index is 5.28. The molecule has 0 saturated heterocycles. The SMILES string of the molecule is C1=CC2N=C(c3ccc(-c4c5ccccc5c(-c5ccc(-c6nc7ccccc7n6-c6ccccc6)cc5)c5cc(-c6ccccc6)ccc45)cc3)N(c3ccccc3)C2C=C1. The van der Waals surface area contributed by atoms with Crippen LogP contribution < -0.4 is 4.90 Å². The number of fused-ring (bicyclic) bond motifs is 4. The zero-order valence-corrected chi connectivity index (χ0v) is 33.9. The van der Waals surface area contributed by atoms with E-state index in [1.54, 1.807) is 0 Å². The van der Waals surface area contributed by atoms with Crippen molar-refractivity contribution in [3.63, 3.8) is 0 Å². The molecule has 0 bridgehead atoms. The first-order valence-corrected chi connectivity index (χ1v) is 21.3. The van der Waals surface area contributed by atoms with Crippen molar-refractivity contribution in [2.75, 3.05) is 4.90 Å². The minimum Gasteiger partial charge on any atom is -0.317 e. The van der Waals surface area contributed by atoms with Crippen molar-refractivity contribution in [3.05, 3.63) is 236 Å². The smallest absolute Gasteiger partial charge is 0.145 e. The summed E-state index contributed by atoms with van der Waals surface area (Å²) in [5.41, 5.74) is 13.6. The molecule has 62 heavy (non-hydrogen) atoms.